The standard InChI is InChI=1S/C15H27NO2/c1-11-6-5-7-13(12(11)2)16-14(17)10-15(18)8-3-4-9-15/h11-13,18H,3-10H2,1-2H3,(H,16,17). The maximum absolute atomic E-state index is 12.1. The van der Waals surface area contributed by atoms with Crippen LogP contribution in [0.25, 0.3) is 0 Å². The lowest BCUT2D eigenvalue weighted by molar-refractivity contribution is -0.127. The van der Waals surface area contributed by atoms with Gasteiger partial charge in [0.1, 0.15) is 0 Å². The van der Waals surface area contributed by atoms with Crippen LogP contribution in [-0.4, -0.2) is 22.7 Å². The monoisotopic (exact) mass is 253 g/mol. The van der Waals surface area contributed by atoms with Crippen molar-refractivity contribution in [2.45, 2.75) is 76.9 Å². The van der Waals surface area contributed by atoms with Gasteiger partial charge in [0.2, 0.25) is 5.91 Å². The molecule has 3 nitrogen and oxygen atoms in total. The first kappa shape index (κ1) is 13.9. The van der Waals surface area contributed by atoms with E-state index in [4.69, 9.17) is 0 Å². The summed E-state index contributed by atoms with van der Waals surface area (Å²) in [5, 5.41) is 13.4. The van der Waals surface area contributed by atoms with Crippen molar-refractivity contribution in [2.75, 3.05) is 0 Å². The minimum absolute atomic E-state index is 0.0466. The van der Waals surface area contributed by atoms with Gasteiger partial charge in [0.05, 0.1) is 12.0 Å². The van der Waals surface area contributed by atoms with Crippen molar-refractivity contribution >= 4 is 5.91 Å². The van der Waals surface area contributed by atoms with E-state index in [0.29, 0.717) is 24.3 Å². The maximum atomic E-state index is 12.1. The molecule has 2 rings (SSSR count). The number of carbonyl (C=O) groups excluding carboxylic acids is 1. The van der Waals surface area contributed by atoms with Gasteiger partial charge in [-0.15, -0.1) is 0 Å². The average molecular weight is 253 g/mol. The topological polar surface area (TPSA) is 49.3 Å². The third kappa shape index (κ3) is 3.25. The van der Waals surface area contributed by atoms with Crippen LogP contribution in [0.1, 0.15) is 65.2 Å². The third-order valence-electron chi connectivity index (χ3n) is 5.08. The molecule has 2 saturated carbocycles. The van der Waals surface area contributed by atoms with Gasteiger partial charge in [-0.05, 0) is 31.1 Å². The smallest absolute Gasteiger partial charge is 0.223 e. The van der Waals surface area contributed by atoms with E-state index in [-0.39, 0.29) is 5.91 Å². The van der Waals surface area contributed by atoms with Gasteiger partial charge in [0.25, 0.3) is 0 Å². The third-order valence-corrected chi connectivity index (χ3v) is 5.08. The molecule has 1 amide bonds. The van der Waals surface area contributed by atoms with Crippen LogP contribution < -0.4 is 5.32 Å². The highest BCUT2D eigenvalue weighted by molar-refractivity contribution is 5.77. The molecule has 0 radical (unpaired) electrons. The van der Waals surface area contributed by atoms with E-state index in [1.165, 1.54) is 12.8 Å². The molecular weight excluding hydrogens is 226 g/mol. The van der Waals surface area contributed by atoms with Crippen LogP contribution in [0.4, 0.5) is 0 Å². The van der Waals surface area contributed by atoms with Gasteiger partial charge in [-0.25, -0.2) is 0 Å². The van der Waals surface area contributed by atoms with Gasteiger partial charge >= 0.3 is 0 Å². The van der Waals surface area contributed by atoms with Crippen molar-refractivity contribution in [3.05, 3.63) is 0 Å². The van der Waals surface area contributed by atoms with E-state index in [0.717, 1.165) is 32.1 Å². The Labute approximate surface area is 110 Å². The molecule has 0 aliphatic heterocycles. The molecule has 0 bridgehead atoms. The second-order valence-corrected chi connectivity index (χ2v) is 6.55. The summed E-state index contributed by atoms with van der Waals surface area (Å²) < 4.78 is 0. The zero-order valence-electron chi connectivity index (χ0n) is 11.7. The minimum Gasteiger partial charge on any atom is -0.389 e. The second kappa shape index (κ2) is 5.60. The average Bonchev–Trinajstić information content (AvgIpc) is 2.71. The quantitative estimate of drug-likeness (QED) is 0.812. The fourth-order valence-corrected chi connectivity index (χ4v) is 3.55. The molecule has 2 N–H and O–H groups in total. The number of aliphatic hydroxyl groups is 1. The summed E-state index contributed by atoms with van der Waals surface area (Å²) >= 11 is 0. The molecule has 18 heavy (non-hydrogen) atoms. The second-order valence-electron chi connectivity index (χ2n) is 6.55. The Morgan fingerprint density at radius 3 is 2.56 bits per heavy atom. The minimum atomic E-state index is -0.715. The SMILES string of the molecule is CC1CCCC(NC(=O)CC2(O)CCCC2)C1C. The first-order chi connectivity index (χ1) is 8.50. The van der Waals surface area contributed by atoms with Crippen LogP contribution in [0.5, 0.6) is 0 Å². The normalized spacial score (nSPS) is 35.4. The fraction of sp³-hybridized carbons (Fsp3) is 0.933. The van der Waals surface area contributed by atoms with Gasteiger partial charge in [-0.1, -0.05) is 39.5 Å². The van der Waals surface area contributed by atoms with Crippen molar-refractivity contribution in [3.8, 4) is 0 Å². The molecule has 3 atom stereocenters. The van der Waals surface area contributed by atoms with E-state index in [1.54, 1.807) is 0 Å². The molecule has 0 aromatic carbocycles. The largest absolute Gasteiger partial charge is 0.389 e. The lowest BCUT2D eigenvalue weighted by Crippen LogP contribution is -2.45. The van der Waals surface area contributed by atoms with Crippen LogP contribution in [0, 0.1) is 11.8 Å². The van der Waals surface area contributed by atoms with Gasteiger partial charge in [-0.2, -0.15) is 0 Å². The van der Waals surface area contributed by atoms with Crippen LogP contribution >= 0.6 is 0 Å². The molecule has 0 heterocycles. The Hall–Kier alpha value is -0.570. The highest BCUT2D eigenvalue weighted by Gasteiger charge is 2.35. The maximum Gasteiger partial charge on any atom is 0.223 e. The number of hydrogen-bond acceptors (Lipinski definition) is 2. The van der Waals surface area contributed by atoms with Gasteiger partial charge in [0.15, 0.2) is 0 Å². The van der Waals surface area contributed by atoms with Gasteiger partial charge < -0.3 is 10.4 Å². The number of carbonyl (C=O) groups is 1. The molecule has 0 aromatic rings. The number of hydrogen-bond donors (Lipinski definition) is 2. The summed E-state index contributed by atoms with van der Waals surface area (Å²) in [6, 6.07) is 0.311. The zero-order valence-corrected chi connectivity index (χ0v) is 11.7. The lowest BCUT2D eigenvalue weighted by Gasteiger charge is -2.35. The molecule has 2 fully saturated rings. The van der Waals surface area contributed by atoms with Crippen molar-refractivity contribution in [1.29, 1.82) is 0 Å². The van der Waals surface area contributed by atoms with E-state index in [2.05, 4.69) is 19.2 Å². The highest BCUT2D eigenvalue weighted by Crippen LogP contribution is 2.33. The predicted molar refractivity (Wildman–Crippen MR) is 72.1 cm³/mol. The number of amides is 1. The fourth-order valence-electron chi connectivity index (χ4n) is 3.55. The Kier molecular flexibility index (Phi) is 4.31. The first-order valence-electron chi connectivity index (χ1n) is 7.52. The summed E-state index contributed by atoms with van der Waals surface area (Å²) in [4.78, 5) is 12.1. The van der Waals surface area contributed by atoms with Crippen LogP contribution in [-0.2, 0) is 4.79 Å². The molecule has 0 saturated heterocycles. The van der Waals surface area contributed by atoms with Gasteiger partial charge in [-0.3, -0.25) is 4.79 Å². The molecule has 3 unspecified atom stereocenters. The van der Waals surface area contributed by atoms with Crippen molar-refractivity contribution in [1.82, 2.24) is 5.32 Å². The van der Waals surface area contributed by atoms with Gasteiger partial charge in [0, 0.05) is 6.04 Å². The molecule has 104 valence electrons. The zero-order chi connectivity index (χ0) is 13.2. The molecule has 0 spiro atoms. The molecule has 2 aliphatic carbocycles. The van der Waals surface area contributed by atoms with Crippen LogP contribution in [0.3, 0.4) is 0 Å². The van der Waals surface area contributed by atoms with Crippen molar-refractivity contribution in [2.24, 2.45) is 11.8 Å². The van der Waals surface area contributed by atoms with Crippen LogP contribution in [0.15, 0.2) is 0 Å². The molecule has 2 aliphatic rings. The molecule has 0 aromatic heterocycles. The summed E-state index contributed by atoms with van der Waals surface area (Å²) in [5.74, 6) is 1.30. The van der Waals surface area contributed by atoms with E-state index >= 15 is 0 Å². The predicted octanol–water partition coefficient (Wildman–Crippen LogP) is 2.62. The summed E-state index contributed by atoms with van der Waals surface area (Å²) in [5.41, 5.74) is -0.715. The summed E-state index contributed by atoms with van der Waals surface area (Å²) in [6.07, 6.45) is 7.56. The van der Waals surface area contributed by atoms with Crippen molar-refractivity contribution < 1.29 is 9.90 Å². The first-order valence-corrected chi connectivity index (χ1v) is 7.52. The Morgan fingerprint density at radius 1 is 1.22 bits per heavy atom. The van der Waals surface area contributed by atoms with E-state index in [9.17, 15) is 9.90 Å². The summed E-state index contributed by atoms with van der Waals surface area (Å²) in [7, 11) is 0. The summed E-state index contributed by atoms with van der Waals surface area (Å²) in [6.45, 7) is 4.51. The van der Waals surface area contributed by atoms with Crippen LogP contribution in [0.2, 0.25) is 0 Å². The lowest BCUT2D eigenvalue weighted by atomic mass is 9.78. The van der Waals surface area contributed by atoms with E-state index < -0.39 is 5.60 Å². The van der Waals surface area contributed by atoms with Crippen molar-refractivity contribution in [3.63, 3.8) is 0 Å². The number of rotatable bonds is 3. The Bertz CT molecular complexity index is 297. The van der Waals surface area contributed by atoms with E-state index in [1.807, 2.05) is 0 Å². The Morgan fingerprint density at radius 2 is 1.89 bits per heavy atom. The number of nitrogens with one attached hydrogen (secondary N) is 1. The molecular formula is C15H27NO2. The highest BCUT2D eigenvalue weighted by atomic mass is 16.3. The Balaban J connectivity index is 1.83. The molecule has 3 heteroatoms.